The van der Waals surface area contributed by atoms with Crippen molar-refractivity contribution in [1.29, 1.82) is 0 Å². The summed E-state index contributed by atoms with van der Waals surface area (Å²) in [7, 11) is 0. The first-order valence-electron chi connectivity index (χ1n) is 7.36. The van der Waals surface area contributed by atoms with E-state index < -0.39 is 18.0 Å². The third-order valence-corrected chi connectivity index (χ3v) is 3.27. The molecule has 0 saturated carbocycles. The molecule has 1 aromatic rings. The number of carbonyl (C=O) groups is 2. The van der Waals surface area contributed by atoms with E-state index in [4.69, 9.17) is 0 Å². The molecule has 3 N–H and O–H groups in total. The summed E-state index contributed by atoms with van der Waals surface area (Å²) in [6.07, 6.45) is 2.82. The van der Waals surface area contributed by atoms with Gasteiger partial charge in [-0.2, -0.15) is 0 Å². The molecular formula is C16H24N2O3. The van der Waals surface area contributed by atoms with Crippen molar-refractivity contribution < 1.29 is 14.7 Å². The number of aliphatic carboxylic acids is 1. The van der Waals surface area contributed by atoms with E-state index >= 15 is 0 Å². The number of carboxylic acid groups (broad SMARTS) is 1. The van der Waals surface area contributed by atoms with Crippen molar-refractivity contribution in [2.45, 2.75) is 51.6 Å². The lowest BCUT2D eigenvalue weighted by Crippen LogP contribution is -2.48. The summed E-state index contributed by atoms with van der Waals surface area (Å²) in [6.45, 7) is 3.94. The molecule has 0 heterocycles. The summed E-state index contributed by atoms with van der Waals surface area (Å²) in [5.41, 5.74) is 1.06. The van der Waals surface area contributed by atoms with E-state index in [2.05, 4.69) is 10.6 Å². The van der Waals surface area contributed by atoms with Gasteiger partial charge >= 0.3 is 12.0 Å². The normalized spacial score (nSPS) is 13.2. The molecule has 2 amide bonds. The van der Waals surface area contributed by atoms with Gasteiger partial charge in [0.25, 0.3) is 0 Å². The predicted octanol–water partition coefficient (Wildman–Crippen LogP) is 2.56. The second kappa shape index (κ2) is 9.00. The minimum Gasteiger partial charge on any atom is -0.480 e. The summed E-state index contributed by atoms with van der Waals surface area (Å²) in [5, 5.41) is 14.5. The highest BCUT2D eigenvalue weighted by Gasteiger charge is 2.20. The van der Waals surface area contributed by atoms with E-state index in [1.165, 1.54) is 0 Å². The van der Waals surface area contributed by atoms with Crippen LogP contribution in [0.5, 0.6) is 0 Å². The fraction of sp³-hybridized carbons (Fsp3) is 0.500. The van der Waals surface area contributed by atoms with Crippen LogP contribution in [0.4, 0.5) is 4.79 Å². The number of hydrogen-bond acceptors (Lipinski definition) is 2. The first kappa shape index (κ1) is 17.0. The summed E-state index contributed by atoms with van der Waals surface area (Å²) < 4.78 is 0. The Bertz CT molecular complexity index is 448. The predicted molar refractivity (Wildman–Crippen MR) is 82.2 cm³/mol. The third-order valence-electron chi connectivity index (χ3n) is 3.27. The molecule has 5 nitrogen and oxygen atoms in total. The van der Waals surface area contributed by atoms with Crippen LogP contribution in [-0.2, 0) is 11.2 Å². The molecule has 0 saturated heterocycles. The second-order valence-electron chi connectivity index (χ2n) is 5.22. The summed E-state index contributed by atoms with van der Waals surface area (Å²) in [4.78, 5) is 23.0. The standard InChI is InChI=1S/C16H24N2O3/c1-3-7-12(2)17-16(21)18-14(15(19)20)11-10-13-8-5-4-6-9-13/h4-6,8-9,12,14H,3,7,10-11H2,1-2H3,(H,19,20)(H2,17,18,21)/t12?,14-/m0/s1. The topological polar surface area (TPSA) is 78.4 Å². The quantitative estimate of drug-likeness (QED) is 0.689. The first-order valence-corrected chi connectivity index (χ1v) is 7.36. The van der Waals surface area contributed by atoms with E-state index in [9.17, 15) is 14.7 Å². The van der Waals surface area contributed by atoms with Crippen LogP contribution < -0.4 is 10.6 Å². The van der Waals surface area contributed by atoms with Gasteiger partial charge in [-0.3, -0.25) is 0 Å². The fourth-order valence-corrected chi connectivity index (χ4v) is 2.14. The number of urea groups is 1. The molecule has 0 fully saturated rings. The minimum absolute atomic E-state index is 0.0403. The zero-order valence-corrected chi connectivity index (χ0v) is 12.6. The molecule has 0 spiro atoms. The fourth-order valence-electron chi connectivity index (χ4n) is 2.14. The van der Waals surface area contributed by atoms with Gasteiger partial charge in [-0.15, -0.1) is 0 Å². The Morgan fingerprint density at radius 2 is 1.81 bits per heavy atom. The third kappa shape index (κ3) is 6.79. The second-order valence-corrected chi connectivity index (χ2v) is 5.22. The van der Waals surface area contributed by atoms with Crippen molar-refractivity contribution in [2.24, 2.45) is 0 Å². The number of amides is 2. The molecule has 1 unspecified atom stereocenters. The SMILES string of the molecule is CCCC(C)NC(=O)N[C@@H](CCc1ccccc1)C(=O)O. The molecule has 0 radical (unpaired) electrons. The maximum atomic E-state index is 11.8. The first-order chi connectivity index (χ1) is 10.0. The smallest absolute Gasteiger partial charge is 0.326 e. The van der Waals surface area contributed by atoms with Gasteiger partial charge in [0.15, 0.2) is 0 Å². The lowest BCUT2D eigenvalue weighted by atomic mass is 10.1. The van der Waals surface area contributed by atoms with Gasteiger partial charge in [-0.25, -0.2) is 9.59 Å². The van der Waals surface area contributed by atoms with E-state index in [-0.39, 0.29) is 6.04 Å². The molecule has 0 aliphatic rings. The maximum absolute atomic E-state index is 11.8. The Labute approximate surface area is 125 Å². The number of aryl methyl sites for hydroxylation is 1. The molecule has 1 aromatic carbocycles. The minimum atomic E-state index is -1.01. The molecular weight excluding hydrogens is 268 g/mol. The largest absolute Gasteiger partial charge is 0.480 e. The van der Waals surface area contributed by atoms with E-state index in [0.717, 1.165) is 18.4 Å². The van der Waals surface area contributed by atoms with Crippen molar-refractivity contribution in [3.05, 3.63) is 35.9 Å². The zero-order valence-electron chi connectivity index (χ0n) is 12.6. The van der Waals surface area contributed by atoms with Crippen LogP contribution in [0.3, 0.4) is 0 Å². The monoisotopic (exact) mass is 292 g/mol. The van der Waals surface area contributed by atoms with Gasteiger partial charge in [-0.05, 0) is 31.7 Å². The van der Waals surface area contributed by atoms with Gasteiger partial charge < -0.3 is 15.7 Å². The zero-order chi connectivity index (χ0) is 15.7. The highest BCUT2D eigenvalue weighted by molar-refractivity contribution is 5.82. The Hall–Kier alpha value is -2.04. The Balaban J connectivity index is 2.46. The van der Waals surface area contributed by atoms with Gasteiger partial charge in [0.2, 0.25) is 0 Å². The maximum Gasteiger partial charge on any atom is 0.326 e. The van der Waals surface area contributed by atoms with E-state index in [1.807, 2.05) is 44.2 Å². The van der Waals surface area contributed by atoms with Gasteiger partial charge in [0.1, 0.15) is 6.04 Å². The molecule has 5 heteroatoms. The van der Waals surface area contributed by atoms with Crippen LogP contribution >= 0.6 is 0 Å². The molecule has 0 bridgehead atoms. The molecule has 21 heavy (non-hydrogen) atoms. The number of carboxylic acids is 1. The van der Waals surface area contributed by atoms with Crippen LogP contribution in [0.15, 0.2) is 30.3 Å². The Morgan fingerprint density at radius 1 is 1.14 bits per heavy atom. The molecule has 0 aliphatic heterocycles. The van der Waals surface area contributed by atoms with Gasteiger partial charge in [0.05, 0.1) is 0 Å². The molecule has 0 aliphatic carbocycles. The molecule has 1 rings (SSSR count). The average Bonchev–Trinajstić information content (AvgIpc) is 2.44. The molecule has 2 atom stereocenters. The Kier molecular flexibility index (Phi) is 7.29. The van der Waals surface area contributed by atoms with Crippen LogP contribution in [0.2, 0.25) is 0 Å². The van der Waals surface area contributed by atoms with Crippen molar-refractivity contribution >= 4 is 12.0 Å². The number of benzene rings is 1. The van der Waals surface area contributed by atoms with Gasteiger partial charge in [-0.1, -0.05) is 43.7 Å². The van der Waals surface area contributed by atoms with Crippen LogP contribution in [0.25, 0.3) is 0 Å². The highest BCUT2D eigenvalue weighted by Crippen LogP contribution is 2.05. The highest BCUT2D eigenvalue weighted by atomic mass is 16.4. The van der Waals surface area contributed by atoms with Crippen LogP contribution in [-0.4, -0.2) is 29.2 Å². The summed E-state index contributed by atoms with van der Waals surface area (Å²) in [5.74, 6) is -1.01. The van der Waals surface area contributed by atoms with Crippen molar-refractivity contribution in [1.82, 2.24) is 10.6 Å². The number of hydrogen-bond donors (Lipinski definition) is 3. The molecule has 116 valence electrons. The summed E-state index contributed by atoms with van der Waals surface area (Å²) >= 11 is 0. The van der Waals surface area contributed by atoms with E-state index in [1.54, 1.807) is 0 Å². The average molecular weight is 292 g/mol. The lowest BCUT2D eigenvalue weighted by Gasteiger charge is -2.18. The number of nitrogens with one attached hydrogen (secondary N) is 2. The number of carbonyl (C=O) groups excluding carboxylic acids is 1. The van der Waals surface area contributed by atoms with Crippen molar-refractivity contribution in [2.75, 3.05) is 0 Å². The molecule has 0 aromatic heterocycles. The van der Waals surface area contributed by atoms with Crippen LogP contribution in [0.1, 0.15) is 38.7 Å². The van der Waals surface area contributed by atoms with Crippen LogP contribution in [0, 0.1) is 0 Å². The number of rotatable bonds is 8. The van der Waals surface area contributed by atoms with Crippen molar-refractivity contribution in [3.63, 3.8) is 0 Å². The van der Waals surface area contributed by atoms with E-state index in [0.29, 0.717) is 12.8 Å². The summed E-state index contributed by atoms with van der Waals surface area (Å²) in [6, 6.07) is 8.38. The van der Waals surface area contributed by atoms with Gasteiger partial charge in [0, 0.05) is 6.04 Å². The van der Waals surface area contributed by atoms with Crippen molar-refractivity contribution in [3.8, 4) is 0 Å². The Morgan fingerprint density at radius 3 is 2.38 bits per heavy atom. The lowest BCUT2D eigenvalue weighted by molar-refractivity contribution is -0.139.